The molecule has 1 unspecified atom stereocenters. The molecular formula is C15H23NO3. The molecule has 0 radical (unpaired) electrons. The second-order valence-corrected chi connectivity index (χ2v) is 4.90. The number of ether oxygens (including phenoxy) is 1. The first-order valence-corrected chi connectivity index (χ1v) is 6.62. The third kappa shape index (κ3) is 6.25. The zero-order valence-corrected chi connectivity index (χ0v) is 11.9. The number of rotatable bonds is 7. The van der Waals surface area contributed by atoms with E-state index in [-0.39, 0.29) is 18.6 Å². The molecule has 1 aromatic carbocycles. The molecule has 1 amide bonds. The number of hydrogen-bond donors (Lipinski definition) is 2. The van der Waals surface area contributed by atoms with Crippen LogP contribution in [0.1, 0.15) is 30.9 Å². The first kappa shape index (κ1) is 15.5. The standard InChI is InChI=1S/C15H23NO3/c1-11-8-12(2)10-14(9-11)19-7-5-15(18)16-13(3)4-6-17/h8-10,13,17H,4-7H2,1-3H3,(H,16,18). The van der Waals surface area contributed by atoms with Crippen molar-refractivity contribution < 1.29 is 14.6 Å². The fourth-order valence-electron chi connectivity index (χ4n) is 1.89. The van der Waals surface area contributed by atoms with Gasteiger partial charge in [-0.1, -0.05) is 6.07 Å². The van der Waals surface area contributed by atoms with Crippen molar-refractivity contribution in [2.24, 2.45) is 0 Å². The van der Waals surface area contributed by atoms with E-state index in [4.69, 9.17) is 9.84 Å². The van der Waals surface area contributed by atoms with Gasteiger partial charge in [-0.3, -0.25) is 4.79 Å². The molecule has 0 aliphatic heterocycles. The lowest BCUT2D eigenvalue weighted by Gasteiger charge is -2.13. The summed E-state index contributed by atoms with van der Waals surface area (Å²) in [5.41, 5.74) is 2.30. The molecule has 0 fully saturated rings. The molecule has 0 saturated heterocycles. The quantitative estimate of drug-likeness (QED) is 0.792. The van der Waals surface area contributed by atoms with Gasteiger partial charge in [-0.15, -0.1) is 0 Å². The van der Waals surface area contributed by atoms with Crippen LogP contribution in [0.2, 0.25) is 0 Å². The molecule has 0 spiro atoms. The molecule has 1 aromatic rings. The van der Waals surface area contributed by atoms with Crippen LogP contribution >= 0.6 is 0 Å². The summed E-state index contributed by atoms with van der Waals surface area (Å²) in [6, 6.07) is 5.99. The third-order valence-electron chi connectivity index (χ3n) is 2.76. The summed E-state index contributed by atoms with van der Waals surface area (Å²) in [7, 11) is 0. The maximum Gasteiger partial charge on any atom is 0.223 e. The number of carbonyl (C=O) groups excluding carboxylic acids is 1. The minimum absolute atomic E-state index is 0.00119. The number of hydrogen-bond acceptors (Lipinski definition) is 3. The molecule has 0 aromatic heterocycles. The first-order valence-electron chi connectivity index (χ1n) is 6.62. The summed E-state index contributed by atoms with van der Waals surface area (Å²) in [5.74, 6) is 0.749. The number of aliphatic hydroxyl groups excluding tert-OH is 1. The van der Waals surface area contributed by atoms with Crippen molar-refractivity contribution in [2.75, 3.05) is 13.2 Å². The van der Waals surface area contributed by atoms with Gasteiger partial charge in [0.05, 0.1) is 13.0 Å². The average molecular weight is 265 g/mol. The Kier molecular flexibility index (Phi) is 6.36. The Labute approximate surface area is 114 Å². The monoisotopic (exact) mass is 265 g/mol. The molecular weight excluding hydrogens is 242 g/mol. The van der Waals surface area contributed by atoms with Crippen LogP contribution in [0.4, 0.5) is 0 Å². The second kappa shape index (κ2) is 7.79. The molecule has 2 N–H and O–H groups in total. The fraction of sp³-hybridized carbons (Fsp3) is 0.533. The lowest BCUT2D eigenvalue weighted by atomic mass is 10.1. The lowest BCUT2D eigenvalue weighted by Crippen LogP contribution is -2.33. The van der Waals surface area contributed by atoms with Gasteiger partial charge in [-0.2, -0.15) is 0 Å². The molecule has 1 rings (SSSR count). The number of nitrogens with one attached hydrogen (secondary N) is 1. The molecule has 0 bridgehead atoms. The minimum atomic E-state index is -0.0506. The maximum atomic E-state index is 11.6. The van der Waals surface area contributed by atoms with E-state index in [1.54, 1.807) is 0 Å². The topological polar surface area (TPSA) is 58.6 Å². The second-order valence-electron chi connectivity index (χ2n) is 4.90. The lowest BCUT2D eigenvalue weighted by molar-refractivity contribution is -0.122. The Hall–Kier alpha value is -1.55. The van der Waals surface area contributed by atoms with E-state index in [1.165, 1.54) is 0 Å². The van der Waals surface area contributed by atoms with Crippen LogP contribution in [0.5, 0.6) is 5.75 Å². The molecule has 4 nitrogen and oxygen atoms in total. The van der Waals surface area contributed by atoms with E-state index in [9.17, 15) is 4.79 Å². The smallest absolute Gasteiger partial charge is 0.223 e. The average Bonchev–Trinajstić information content (AvgIpc) is 2.27. The number of benzene rings is 1. The van der Waals surface area contributed by atoms with Crippen molar-refractivity contribution in [3.05, 3.63) is 29.3 Å². The number of amides is 1. The van der Waals surface area contributed by atoms with E-state index in [0.29, 0.717) is 19.4 Å². The molecule has 4 heteroatoms. The third-order valence-corrected chi connectivity index (χ3v) is 2.76. The van der Waals surface area contributed by atoms with Crippen LogP contribution in [-0.2, 0) is 4.79 Å². The van der Waals surface area contributed by atoms with Gasteiger partial charge in [0.15, 0.2) is 0 Å². The molecule has 0 heterocycles. The molecule has 0 saturated carbocycles. The van der Waals surface area contributed by atoms with Crippen molar-refractivity contribution in [3.8, 4) is 5.75 Å². The summed E-state index contributed by atoms with van der Waals surface area (Å²) >= 11 is 0. The van der Waals surface area contributed by atoms with Gasteiger partial charge in [0.2, 0.25) is 5.91 Å². The predicted molar refractivity (Wildman–Crippen MR) is 75.3 cm³/mol. The first-order chi connectivity index (χ1) is 9.01. The van der Waals surface area contributed by atoms with Crippen LogP contribution in [0, 0.1) is 13.8 Å². The molecule has 1 atom stereocenters. The van der Waals surface area contributed by atoms with Gasteiger partial charge in [0.25, 0.3) is 0 Å². The SMILES string of the molecule is Cc1cc(C)cc(OCCC(=O)NC(C)CCO)c1. The van der Waals surface area contributed by atoms with Gasteiger partial charge in [-0.05, 0) is 50.5 Å². The van der Waals surface area contributed by atoms with Gasteiger partial charge < -0.3 is 15.2 Å². The van der Waals surface area contributed by atoms with Gasteiger partial charge >= 0.3 is 0 Å². The maximum absolute atomic E-state index is 11.6. The summed E-state index contributed by atoms with van der Waals surface area (Å²) in [6.45, 7) is 6.35. The van der Waals surface area contributed by atoms with Gasteiger partial charge in [0, 0.05) is 12.6 Å². The largest absolute Gasteiger partial charge is 0.493 e. The van der Waals surface area contributed by atoms with Crippen LogP contribution < -0.4 is 10.1 Å². The van der Waals surface area contributed by atoms with Crippen molar-refractivity contribution in [1.82, 2.24) is 5.32 Å². The fourth-order valence-corrected chi connectivity index (χ4v) is 1.89. The van der Waals surface area contributed by atoms with Crippen molar-refractivity contribution in [1.29, 1.82) is 0 Å². The van der Waals surface area contributed by atoms with Crippen LogP contribution in [0.15, 0.2) is 18.2 Å². The summed E-state index contributed by atoms with van der Waals surface area (Å²) in [4.78, 5) is 11.6. The summed E-state index contributed by atoms with van der Waals surface area (Å²) in [6.07, 6.45) is 0.895. The highest BCUT2D eigenvalue weighted by Gasteiger charge is 2.07. The van der Waals surface area contributed by atoms with Crippen LogP contribution in [-0.4, -0.2) is 30.3 Å². The molecule has 0 aliphatic carbocycles. The van der Waals surface area contributed by atoms with E-state index in [2.05, 4.69) is 11.4 Å². The molecule has 106 valence electrons. The Morgan fingerprint density at radius 2 is 1.95 bits per heavy atom. The highest BCUT2D eigenvalue weighted by Crippen LogP contribution is 2.16. The summed E-state index contributed by atoms with van der Waals surface area (Å²) in [5, 5.41) is 11.6. The number of carbonyl (C=O) groups is 1. The van der Waals surface area contributed by atoms with E-state index >= 15 is 0 Å². The summed E-state index contributed by atoms with van der Waals surface area (Å²) < 4.78 is 5.57. The van der Waals surface area contributed by atoms with E-state index in [0.717, 1.165) is 16.9 Å². The van der Waals surface area contributed by atoms with Crippen molar-refractivity contribution >= 4 is 5.91 Å². The molecule has 0 aliphatic rings. The highest BCUT2D eigenvalue weighted by atomic mass is 16.5. The zero-order chi connectivity index (χ0) is 14.3. The van der Waals surface area contributed by atoms with Gasteiger partial charge in [-0.25, -0.2) is 0 Å². The van der Waals surface area contributed by atoms with Crippen molar-refractivity contribution in [2.45, 2.75) is 39.7 Å². The predicted octanol–water partition coefficient (Wildman–Crippen LogP) is 1.96. The number of aryl methyl sites for hydroxylation is 2. The van der Waals surface area contributed by atoms with E-state index < -0.39 is 0 Å². The van der Waals surface area contributed by atoms with Crippen LogP contribution in [0.25, 0.3) is 0 Å². The van der Waals surface area contributed by atoms with Crippen molar-refractivity contribution in [3.63, 3.8) is 0 Å². The Morgan fingerprint density at radius 3 is 2.53 bits per heavy atom. The Balaban J connectivity index is 2.31. The Morgan fingerprint density at radius 1 is 1.32 bits per heavy atom. The normalized spacial score (nSPS) is 12.0. The van der Waals surface area contributed by atoms with E-state index in [1.807, 2.05) is 32.9 Å². The zero-order valence-electron chi connectivity index (χ0n) is 11.9. The van der Waals surface area contributed by atoms with Crippen LogP contribution in [0.3, 0.4) is 0 Å². The highest BCUT2D eigenvalue weighted by molar-refractivity contribution is 5.76. The van der Waals surface area contributed by atoms with Gasteiger partial charge in [0.1, 0.15) is 5.75 Å². The molecule has 19 heavy (non-hydrogen) atoms. The minimum Gasteiger partial charge on any atom is -0.493 e. The number of aliphatic hydroxyl groups is 1. The Bertz CT molecular complexity index is 398.